The third-order valence-electron chi connectivity index (χ3n) is 4.10. The summed E-state index contributed by atoms with van der Waals surface area (Å²) in [5.41, 5.74) is 0. The lowest BCUT2D eigenvalue weighted by atomic mass is 10.2. The molecule has 5 nitrogen and oxygen atoms in total. The van der Waals surface area contributed by atoms with Gasteiger partial charge in [-0.3, -0.25) is 9.79 Å². The SMILES string of the molecule is CN=C(NCCC1CC1)NC1CCN(C(=O)C(C)C)C1.I. The monoisotopic (exact) mass is 408 g/mol. The van der Waals surface area contributed by atoms with Crippen LogP contribution < -0.4 is 10.6 Å². The van der Waals surface area contributed by atoms with Crippen LogP contribution in [0.25, 0.3) is 0 Å². The van der Waals surface area contributed by atoms with Gasteiger partial charge in [0.15, 0.2) is 5.96 Å². The zero-order chi connectivity index (χ0) is 14.5. The molecule has 0 radical (unpaired) electrons. The molecule has 1 saturated carbocycles. The maximum Gasteiger partial charge on any atom is 0.225 e. The topological polar surface area (TPSA) is 56.7 Å². The minimum absolute atomic E-state index is 0. The summed E-state index contributed by atoms with van der Waals surface area (Å²) >= 11 is 0. The first kappa shape index (κ1) is 18.5. The number of carbonyl (C=O) groups excluding carboxylic acids is 1. The van der Waals surface area contributed by atoms with Gasteiger partial charge in [0, 0.05) is 38.6 Å². The summed E-state index contributed by atoms with van der Waals surface area (Å²) in [4.78, 5) is 18.2. The van der Waals surface area contributed by atoms with Gasteiger partial charge in [-0.2, -0.15) is 0 Å². The number of nitrogens with one attached hydrogen (secondary N) is 2. The average Bonchev–Trinajstić information content (AvgIpc) is 3.13. The lowest BCUT2D eigenvalue weighted by molar-refractivity contribution is -0.133. The van der Waals surface area contributed by atoms with Gasteiger partial charge < -0.3 is 15.5 Å². The van der Waals surface area contributed by atoms with Crippen LogP contribution in [0.4, 0.5) is 0 Å². The normalized spacial score (nSPS) is 22.2. The maximum absolute atomic E-state index is 12.0. The van der Waals surface area contributed by atoms with Crippen LogP contribution >= 0.6 is 24.0 Å². The first-order chi connectivity index (χ1) is 9.60. The minimum Gasteiger partial charge on any atom is -0.356 e. The predicted molar refractivity (Wildman–Crippen MR) is 97.1 cm³/mol. The van der Waals surface area contributed by atoms with Crippen molar-refractivity contribution in [2.45, 2.75) is 45.6 Å². The van der Waals surface area contributed by atoms with Crippen LogP contribution in [0.1, 0.15) is 39.5 Å². The molecule has 0 aromatic carbocycles. The fourth-order valence-corrected chi connectivity index (χ4v) is 2.63. The van der Waals surface area contributed by atoms with E-state index >= 15 is 0 Å². The van der Waals surface area contributed by atoms with E-state index in [2.05, 4.69) is 15.6 Å². The second-order valence-corrected chi connectivity index (χ2v) is 6.30. The van der Waals surface area contributed by atoms with E-state index < -0.39 is 0 Å². The summed E-state index contributed by atoms with van der Waals surface area (Å²) in [6, 6.07) is 0.324. The lowest BCUT2D eigenvalue weighted by Crippen LogP contribution is -2.45. The van der Waals surface area contributed by atoms with Gasteiger partial charge in [0.25, 0.3) is 0 Å². The highest BCUT2D eigenvalue weighted by Crippen LogP contribution is 2.31. The molecule has 2 fully saturated rings. The summed E-state index contributed by atoms with van der Waals surface area (Å²) in [7, 11) is 1.80. The Morgan fingerprint density at radius 1 is 1.33 bits per heavy atom. The predicted octanol–water partition coefficient (Wildman–Crippen LogP) is 1.83. The second kappa shape index (κ2) is 8.80. The lowest BCUT2D eigenvalue weighted by Gasteiger charge is -2.20. The molecular formula is C15H29IN4O. The van der Waals surface area contributed by atoms with E-state index in [1.807, 2.05) is 18.7 Å². The van der Waals surface area contributed by atoms with Gasteiger partial charge in [-0.1, -0.05) is 26.7 Å². The van der Waals surface area contributed by atoms with Crippen LogP contribution in [0.3, 0.4) is 0 Å². The molecule has 1 amide bonds. The van der Waals surface area contributed by atoms with Crippen LogP contribution in [0.2, 0.25) is 0 Å². The zero-order valence-electron chi connectivity index (χ0n) is 13.4. The molecule has 1 atom stereocenters. The Morgan fingerprint density at radius 3 is 2.62 bits per heavy atom. The second-order valence-electron chi connectivity index (χ2n) is 6.30. The van der Waals surface area contributed by atoms with Crippen LogP contribution in [0, 0.1) is 11.8 Å². The quantitative estimate of drug-likeness (QED) is 0.415. The third kappa shape index (κ3) is 6.00. The van der Waals surface area contributed by atoms with Crippen molar-refractivity contribution >= 4 is 35.8 Å². The van der Waals surface area contributed by atoms with E-state index in [1.165, 1.54) is 19.3 Å². The molecule has 21 heavy (non-hydrogen) atoms. The standard InChI is InChI=1S/C15H28N4O.HI/c1-11(2)14(20)19-9-7-13(10-19)18-15(16-3)17-8-6-12-4-5-12;/h11-13H,4-10H2,1-3H3,(H2,16,17,18);1H. The Labute approximate surface area is 145 Å². The number of halogens is 1. The smallest absolute Gasteiger partial charge is 0.225 e. The van der Waals surface area contributed by atoms with Gasteiger partial charge in [0.2, 0.25) is 5.91 Å². The van der Waals surface area contributed by atoms with E-state index in [4.69, 9.17) is 0 Å². The molecular weight excluding hydrogens is 379 g/mol. The molecule has 0 aromatic heterocycles. The Balaban J connectivity index is 0.00000220. The van der Waals surface area contributed by atoms with Crippen LogP contribution in [-0.2, 0) is 4.79 Å². The number of hydrogen-bond donors (Lipinski definition) is 2. The number of guanidine groups is 1. The first-order valence-corrected chi connectivity index (χ1v) is 7.86. The molecule has 1 unspecified atom stereocenters. The Hall–Kier alpha value is -0.530. The van der Waals surface area contributed by atoms with Crippen molar-refractivity contribution in [1.29, 1.82) is 0 Å². The number of amides is 1. The van der Waals surface area contributed by atoms with Gasteiger partial charge >= 0.3 is 0 Å². The molecule has 122 valence electrons. The van der Waals surface area contributed by atoms with Gasteiger partial charge in [0.05, 0.1) is 0 Å². The first-order valence-electron chi connectivity index (χ1n) is 7.86. The molecule has 0 aromatic rings. The Bertz CT molecular complexity index is 369. The summed E-state index contributed by atoms with van der Waals surface area (Å²) in [6.45, 7) is 6.56. The van der Waals surface area contributed by atoms with Gasteiger partial charge in [-0.25, -0.2) is 0 Å². The van der Waals surface area contributed by atoms with Crippen molar-refractivity contribution in [3.8, 4) is 0 Å². The van der Waals surface area contributed by atoms with Gasteiger partial charge in [-0.15, -0.1) is 24.0 Å². The third-order valence-corrected chi connectivity index (χ3v) is 4.10. The van der Waals surface area contributed by atoms with Crippen molar-refractivity contribution in [2.24, 2.45) is 16.8 Å². The molecule has 1 heterocycles. The minimum atomic E-state index is 0. The molecule has 1 aliphatic heterocycles. The largest absolute Gasteiger partial charge is 0.356 e. The molecule has 2 rings (SSSR count). The number of likely N-dealkylation sites (tertiary alicyclic amines) is 1. The number of rotatable bonds is 5. The summed E-state index contributed by atoms with van der Waals surface area (Å²) in [6.07, 6.45) is 5.02. The molecule has 1 aliphatic carbocycles. The summed E-state index contributed by atoms with van der Waals surface area (Å²) < 4.78 is 0. The molecule has 0 bridgehead atoms. The fourth-order valence-electron chi connectivity index (χ4n) is 2.63. The summed E-state index contributed by atoms with van der Waals surface area (Å²) in [5.74, 6) is 2.15. The number of aliphatic imine (C=N–C) groups is 1. The van der Waals surface area contributed by atoms with E-state index in [1.54, 1.807) is 7.05 Å². The Kier molecular flexibility index (Phi) is 7.76. The Morgan fingerprint density at radius 2 is 2.05 bits per heavy atom. The van der Waals surface area contributed by atoms with Crippen molar-refractivity contribution in [1.82, 2.24) is 15.5 Å². The van der Waals surface area contributed by atoms with Crippen molar-refractivity contribution in [3.63, 3.8) is 0 Å². The van der Waals surface area contributed by atoms with Crippen molar-refractivity contribution < 1.29 is 4.79 Å². The average molecular weight is 408 g/mol. The highest BCUT2D eigenvalue weighted by atomic mass is 127. The molecule has 1 saturated heterocycles. The van der Waals surface area contributed by atoms with E-state index in [9.17, 15) is 4.79 Å². The van der Waals surface area contributed by atoms with Crippen molar-refractivity contribution in [2.75, 3.05) is 26.7 Å². The number of nitrogens with zero attached hydrogens (tertiary/aromatic N) is 2. The molecule has 0 spiro atoms. The van der Waals surface area contributed by atoms with E-state index in [-0.39, 0.29) is 35.8 Å². The zero-order valence-corrected chi connectivity index (χ0v) is 15.7. The summed E-state index contributed by atoms with van der Waals surface area (Å²) in [5, 5.41) is 6.80. The van der Waals surface area contributed by atoms with Crippen LogP contribution in [0.5, 0.6) is 0 Å². The maximum atomic E-state index is 12.0. The van der Waals surface area contributed by atoms with E-state index in [0.717, 1.165) is 37.9 Å². The van der Waals surface area contributed by atoms with Crippen LogP contribution in [0.15, 0.2) is 4.99 Å². The number of carbonyl (C=O) groups is 1. The number of hydrogen-bond acceptors (Lipinski definition) is 2. The molecule has 6 heteroatoms. The van der Waals surface area contributed by atoms with Crippen molar-refractivity contribution in [3.05, 3.63) is 0 Å². The van der Waals surface area contributed by atoms with Gasteiger partial charge in [-0.05, 0) is 18.8 Å². The molecule has 2 aliphatic rings. The van der Waals surface area contributed by atoms with Crippen LogP contribution in [-0.4, -0.2) is 49.5 Å². The fraction of sp³-hybridized carbons (Fsp3) is 0.867. The van der Waals surface area contributed by atoms with Gasteiger partial charge in [0.1, 0.15) is 0 Å². The highest BCUT2D eigenvalue weighted by Gasteiger charge is 2.28. The molecule has 2 N–H and O–H groups in total. The van der Waals surface area contributed by atoms with E-state index in [0.29, 0.717) is 6.04 Å². The highest BCUT2D eigenvalue weighted by molar-refractivity contribution is 14.0.